The summed E-state index contributed by atoms with van der Waals surface area (Å²) >= 11 is 1.33. The van der Waals surface area contributed by atoms with Crippen LogP contribution in [-0.4, -0.2) is 36.0 Å². The number of nitrogens with zero attached hydrogens (tertiary/aromatic N) is 2. The van der Waals surface area contributed by atoms with Crippen molar-refractivity contribution >= 4 is 44.1 Å². The SMILES string of the molecule is COc1ccc(C2/C(=C(\O)c3cc(C)cc(C)c3OC)C(=O)C(=O)N2c2nc3ccc(C)cc3s2)cc1. The molecular formula is C29H26N2O5S. The maximum absolute atomic E-state index is 13.6. The highest BCUT2D eigenvalue weighted by Gasteiger charge is 2.48. The molecule has 5 rings (SSSR count). The number of carbonyl (C=O) groups is 2. The summed E-state index contributed by atoms with van der Waals surface area (Å²) < 4.78 is 11.8. The van der Waals surface area contributed by atoms with Crippen molar-refractivity contribution in [2.75, 3.05) is 19.1 Å². The molecule has 1 N–H and O–H groups in total. The molecule has 188 valence electrons. The van der Waals surface area contributed by atoms with Crippen LogP contribution in [0.25, 0.3) is 16.0 Å². The molecule has 0 radical (unpaired) electrons. The van der Waals surface area contributed by atoms with Crippen molar-refractivity contribution in [3.63, 3.8) is 0 Å². The van der Waals surface area contributed by atoms with Gasteiger partial charge in [-0.2, -0.15) is 0 Å². The standard InChI is InChI=1S/C29H26N2O5S/c1-15-6-11-21-22(14-15)37-29(30-21)31-24(18-7-9-19(35-4)10-8-18)23(26(33)28(31)34)25(32)20-13-16(2)12-17(3)27(20)36-5/h6-14,24,32H,1-5H3/b25-23+. The number of hydrogen-bond donors (Lipinski definition) is 1. The molecule has 1 atom stereocenters. The summed E-state index contributed by atoms with van der Waals surface area (Å²) in [4.78, 5) is 33.1. The predicted octanol–water partition coefficient (Wildman–Crippen LogP) is 5.87. The Bertz CT molecular complexity index is 1590. The monoisotopic (exact) mass is 514 g/mol. The number of methoxy groups -OCH3 is 2. The number of benzene rings is 3. The molecule has 4 aromatic rings. The normalized spacial score (nSPS) is 17.0. The number of aromatic nitrogens is 1. The Morgan fingerprint density at radius 3 is 2.35 bits per heavy atom. The maximum atomic E-state index is 13.6. The van der Waals surface area contributed by atoms with Gasteiger partial charge in [-0.3, -0.25) is 14.5 Å². The lowest BCUT2D eigenvalue weighted by Gasteiger charge is -2.23. The molecule has 3 aromatic carbocycles. The summed E-state index contributed by atoms with van der Waals surface area (Å²) in [6.45, 7) is 5.75. The third kappa shape index (κ3) is 4.13. The molecule has 7 nitrogen and oxygen atoms in total. The number of carbonyl (C=O) groups excluding carboxylic acids is 2. The molecule has 0 aliphatic carbocycles. The Labute approximate surface area is 218 Å². The first kappa shape index (κ1) is 24.5. The zero-order valence-corrected chi connectivity index (χ0v) is 22.0. The van der Waals surface area contributed by atoms with E-state index in [0.29, 0.717) is 27.8 Å². The van der Waals surface area contributed by atoms with E-state index in [1.165, 1.54) is 23.3 Å². The molecule has 8 heteroatoms. The topological polar surface area (TPSA) is 89.0 Å². The van der Waals surface area contributed by atoms with Crippen LogP contribution >= 0.6 is 11.3 Å². The van der Waals surface area contributed by atoms with Gasteiger partial charge in [0.15, 0.2) is 5.13 Å². The van der Waals surface area contributed by atoms with Crippen molar-refractivity contribution in [2.45, 2.75) is 26.8 Å². The van der Waals surface area contributed by atoms with Crippen LogP contribution in [0.2, 0.25) is 0 Å². The van der Waals surface area contributed by atoms with Crippen molar-refractivity contribution in [3.8, 4) is 11.5 Å². The van der Waals surface area contributed by atoms with Crippen molar-refractivity contribution in [3.05, 3.63) is 88.0 Å². The van der Waals surface area contributed by atoms with Crippen LogP contribution in [-0.2, 0) is 9.59 Å². The summed E-state index contributed by atoms with van der Waals surface area (Å²) in [6, 6.07) is 15.7. The lowest BCUT2D eigenvalue weighted by Crippen LogP contribution is -2.29. The molecule has 0 spiro atoms. The number of anilines is 1. The molecule has 1 aliphatic rings. The Balaban J connectivity index is 1.77. The number of ether oxygens (including phenoxy) is 2. The molecule has 1 fully saturated rings. The third-order valence-corrected chi connectivity index (χ3v) is 7.51. The largest absolute Gasteiger partial charge is 0.507 e. The number of ketones is 1. The van der Waals surface area contributed by atoms with E-state index < -0.39 is 17.7 Å². The zero-order valence-electron chi connectivity index (χ0n) is 21.2. The molecule has 1 aromatic heterocycles. The van der Waals surface area contributed by atoms with Crippen molar-refractivity contribution < 1.29 is 24.2 Å². The van der Waals surface area contributed by atoms with Gasteiger partial charge in [-0.1, -0.05) is 35.6 Å². The molecule has 0 bridgehead atoms. The van der Waals surface area contributed by atoms with E-state index in [1.54, 1.807) is 37.4 Å². The second kappa shape index (κ2) is 9.37. The summed E-state index contributed by atoms with van der Waals surface area (Å²) in [6.07, 6.45) is 0. The van der Waals surface area contributed by atoms with Gasteiger partial charge in [0.05, 0.1) is 41.6 Å². The molecule has 1 saturated heterocycles. The van der Waals surface area contributed by atoms with Gasteiger partial charge in [-0.15, -0.1) is 0 Å². The first-order chi connectivity index (χ1) is 17.7. The minimum atomic E-state index is -0.891. The van der Waals surface area contributed by atoms with Crippen LogP contribution in [0.15, 0.2) is 60.2 Å². The van der Waals surface area contributed by atoms with E-state index in [0.717, 1.165) is 26.9 Å². The average molecular weight is 515 g/mol. The quantitative estimate of drug-likeness (QED) is 0.204. The lowest BCUT2D eigenvalue weighted by atomic mass is 9.93. The van der Waals surface area contributed by atoms with Gasteiger partial charge in [0.2, 0.25) is 0 Å². The molecule has 37 heavy (non-hydrogen) atoms. The minimum Gasteiger partial charge on any atom is -0.507 e. The summed E-state index contributed by atoms with van der Waals surface area (Å²) in [5, 5.41) is 12.0. The second-order valence-electron chi connectivity index (χ2n) is 9.07. The van der Waals surface area contributed by atoms with Gasteiger partial charge in [-0.05, 0) is 73.4 Å². The fourth-order valence-corrected chi connectivity index (χ4v) is 5.89. The average Bonchev–Trinajstić information content (AvgIpc) is 3.40. The van der Waals surface area contributed by atoms with E-state index in [1.807, 2.05) is 45.0 Å². The molecule has 1 aliphatic heterocycles. The van der Waals surface area contributed by atoms with Gasteiger partial charge in [0.25, 0.3) is 5.78 Å². The number of Topliss-reactive ketones (excluding diaryl/α,β-unsaturated/α-hetero) is 1. The van der Waals surface area contributed by atoms with Crippen LogP contribution in [0, 0.1) is 20.8 Å². The number of aliphatic hydroxyl groups is 1. The Morgan fingerprint density at radius 2 is 1.68 bits per heavy atom. The number of thiazole rings is 1. The van der Waals surface area contributed by atoms with Crippen LogP contribution in [0.1, 0.15) is 33.9 Å². The van der Waals surface area contributed by atoms with E-state index in [4.69, 9.17) is 9.47 Å². The zero-order chi connectivity index (χ0) is 26.4. The summed E-state index contributed by atoms with van der Waals surface area (Å²) in [7, 11) is 3.08. The summed E-state index contributed by atoms with van der Waals surface area (Å²) in [5.41, 5.74) is 4.47. The Kier molecular flexibility index (Phi) is 6.21. The fourth-order valence-electron chi connectivity index (χ4n) is 4.80. The predicted molar refractivity (Wildman–Crippen MR) is 145 cm³/mol. The Hall–Kier alpha value is -4.17. The van der Waals surface area contributed by atoms with Crippen LogP contribution in [0.3, 0.4) is 0 Å². The number of fused-ring (bicyclic) bond motifs is 1. The van der Waals surface area contributed by atoms with E-state index in [2.05, 4.69) is 4.98 Å². The highest BCUT2D eigenvalue weighted by atomic mass is 32.1. The van der Waals surface area contributed by atoms with E-state index >= 15 is 0 Å². The highest BCUT2D eigenvalue weighted by Crippen LogP contribution is 2.45. The second-order valence-corrected chi connectivity index (χ2v) is 10.1. The van der Waals surface area contributed by atoms with Gasteiger partial charge >= 0.3 is 5.91 Å². The number of hydrogen-bond acceptors (Lipinski definition) is 7. The third-order valence-electron chi connectivity index (χ3n) is 6.49. The van der Waals surface area contributed by atoms with Gasteiger partial charge < -0.3 is 14.6 Å². The molecule has 1 amide bonds. The minimum absolute atomic E-state index is 0.0195. The molecule has 1 unspecified atom stereocenters. The van der Waals surface area contributed by atoms with Gasteiger partial charge in [0.1, 0.15) is 17.3 Å². The van der Waals surface area contributed by atoms with Gasteiger partial charge in [-0.25, -0.2) is 4.98 Å². The first-order valence-electron chi connectivity index (χ1n) is 11.7. The smallest absolute Gasteiger partial charge is 0.301 e. The van der Waals surface area contributed by atoms with Crippen LogP contribution < -0.4 is 14.4 Å². The van der Waals surface area contributed by atoms with Gasteiger partial charge in [0, 0.05) is 0 Å². The summed E-state index contributed by atoms with van der Waals surface area (Å²) in [5.74, 6) is -0.746. The van der Waals surface area contributed by atoms with E-state index in [-0.39, 0.29) is 11.3 Å². The van der Waals surface area contributed by atoms with Crippen LogP contribution in [0.4, 0.5) is 5.13 Å². The number of aryl methyl sites for hydroxylation is 3. The van der Waals surface area contributed by atoms with Crippen LogP contribution in [0.5, 0.6) is 11.5 Å². The molecular weight excluding hydrogens is 488 g/mol. The molecule has 2 heterocycles. The first-order valence-corrected chi connectivity index (χ1v) is 12.5. The van der Waals surface area contributed by atoms with Crippen molar-refractivity contribution in [1.82, 2.24) is 4.98 Å². The highest BCUT2D eigenvalue weighted by molar-refractivity contribution is 7.22. The van der Waals surface area contributed by atoms with Crippen molar-refractivity contribution in [2.24, 2.45) is 0 Å². The van der Waals surface area contributed by atoms with Crippen molar-refractivity contribution in [1.29, 1.82) is 0 Å². The fraction of sp³-hybridized carbons (Fsp3) is 0.207. The Morgan fingerprint density at radius 1 is 0.946 bits per heavy atom. The molecule has 0 saturated carbocycles. The van der Waals surface area contributed by atoms with E-state index in [9.17, 15) is 14.7 Å². The number of amides is 1. The number of rotatable bonds is 5. The lowest BCUT2D eigenvalue weighted by molar-refractivity contribution is -0.132. The number of aliphatic hydroxyl groups excluding tert-OH is 1. The maximum Gasteiger partial charge on any atom is 0.301 e.